The summed E-state index contributed by atoms with van der Waals surface area (Å²) < 4.78 is 1.86. The summed E-state index contributed by atoms with van der Waals surface area (Å²) in [7, 11) is 3.56. The molecule has 1 saturated heterocycles. The number of hydrogen-bond acceptors (Lipinski definition) is 4. The number of hydrogen-bond donors (Lipinski definition) is 1. The first-order valence-electron chi connectivity index (χ1n) is 10.9. The molecule has 6 heteroatoms. The minimum Gasteiger partial charge on any atom is -0.396 e. The van der Waals surface area contributed by atoms with Crippen molar-refractivity contribution in [3.8, 4) is 0 Å². The van der Waals surface area contributed by atoms with Crippen LogP contribution in [0.3, 0.4) is 0 Å². The fourth-order valence-electron chi connectivity index (χ4n) is 5.87. The number of aliphatic hydroxyl groups is 1. The van der Waals surface area contributed by atoms with E-state index >= 15 is 0 Å². The van der Waals surface area contributed by atoms with Crippen molar-refractivity contribution in [2.45, 2.75) is 51.2 Å². The summed E-state index contributed by atoms with van der Waals surface area (Å²) in [5.74, 6) is 0.224. The molecule has 1 amide bonds. The fraction of sp³-hybridized carbons (Fsp3) is 0.652. The van der Waals surface area contributed by atoms with Gasteiger partial charge in [0.2, 0.25) is 5.91 Å². The van der Waals surface area contributed by atoms with E-state index in [0.29, 0.717) is 18.0 Å². The molecule has 2 bridgehead atoms. The molecule has 0 spiro atoms. The lowest BCUT2D eigenvalue weighted by molar-refractivity contribution is -0.135. The third-order valence-corrected chi connectivity index (χ3v) is 7.22. The Kier molecular flexibility index (Phi) is 5.67. The van der Waals surface area contributed by atoms with Gasteiger partial charge in [-0.25, -0.2) is 0 Å². The molecule has 1 N–H and O–H groups in total. The SMILES string of the molecule is C/C=C\c1ccc2n(c1=O)C[C@@H]1[C@@H](CO)[C@H](C(=O)N(C)C)[C@H]2N1CC1CCCC1. The molecule has 4 rings (SSSR count). The topological polar surface area (TPSA) is 65.8 Å². The Labute approximate surface area is 172 Å². The largest absolute Gasteiger partial charge is 0.396 e. The van der Waals surface area contributed by atoms with Gasteiger partial charge in [-0.2, -0.15) is 0 Å². The maximum atomic E-state index is 13.2. The number of fused-ring (bicyclic) bond motifs is 4. The maximum Gasteiger partial charge on any atom is 0.258 e. The van der Waals surface area contributed by atoms with Crippen LogP contribution in [0.25, 0.3) is 6.08 Å². The van der Waals surface area contributed by atoms with E-state index in [1.807, 2.05) is 35.8 Å². The first-order chi connectivity index (χ1) is 14.0. The molecule has 0 unspecified atom stereocenters. The van der Waals surface area contributed by atoms with Crippen molar-refractivity contribution < 1.29 is 9.90 Å². The molecule has 29 heavy (non-hydrogen) atoms. The van der Waals surface area contributed by atoms with Crippen LogP contribution < -0.4 is 5.56 Å². The summed E-state index contributed by atoms with van der Waals surface area (Å²) in [6.45, 7) is 3.38. The van der Waals surface area contributed by atoms with Crippen molar-refractivity contribution in [2.24, 2.45) is 17.8 Å². The molecule has 0 radical (unpaired) electrons. The van der Waals surface area contributed by atoms with Gasteiger partial charge in [-0.15, -0.1) is 0 Å². The van der Waals surface area contributed by atoms with Gasteiger partial charge in [0.25, 0.3) is 5.56 Å². The van der Waals surface area contributed by atoms with E-state index in [1.54, 1.807) is 19.0 Å². The number of nitrogens with zero attached hydrogens (tertiary/aromatic N) is 3. The van der Waals surface area contributed by atoms with Crippen molar-refractivity contribution >= 4 is 12.0 Å². The number of rotatable bonds is 5. The van der Waals surface area contributed by atoms with Crippen LogP contribution in [-0.2, 0) is 11.3 Å². The van der Waals surface area contributed by atoms with E-state index in [-0.39, 0.29) is 42.0 Å². The smallest absolute Gasteiger partial charge is 0.258 e. The normalized spacial score (nSPS) is 29.5. The second kappa shape index (κ2) is 8.07. The van der Waals surface area contributed by atoms with Crippen LogP contribution in [0.1, 0.15) is 49.9 Å². The van der Waals surface area contributed by atoms with Gasteiger partial charge >= 0.3 is 0 Å². The summed E-state index contributed by atoms with van der Waals surface area (Å²) in [6, 6.07) is 3.78. The summed E-state index contributed by atoms with van der Waals surface area (Å²) in [6.07, 6.45) is 8.75. The number of amides is 1. The van der Waals surface area contributed by atoms with Crippen LogP contribution in [-0.4, -0.2) is 58.7 Å². The molecule has 4 atom stereocenters. The van der Waals surface area contributed by atoms with Crippen LogP contribution in [0.15, 0.2) is 23.0 Å². The predicted molar refractivity (Wildman–Crippen MR) is 113 cm³/mol. The fourth-order valence-corrected chi connectivity index (χ4v) is 5.87. The van der Waals surface area contributed by atoms with E-state index in [4.69, 9.17) is 0 Å². The van der Waals surface area contributed by atoms with Crippen molar-refractivity contribution in [3.63, 3.8) is 0 Å². The van der Waals surface area contributed by atoms with Gasteiger partial charge in [-0.3, -0.25) is 14.5 Å². The van der Waals surface area contributed by atoms with Gasteiger partial charge < -0.3 is 14.6 Å². The highest BCUT2D eigenvalue weighted by molar-refractivity contribution is 5.80. The molecule has 1 aromatic rings. The van der Waals surface area contributed by atoms with Crippen LogP contribution in [0.4, 0.5) is 0 Å². The second-order valence-electron chi connectivity index (χ2n) is 9.09. The Morgan fingerprint density at radius 1 is 1.28 bits per heavy atom. The minimum absolute atomic E-state index is 0.00533. The Morgan fingerprint density at radius 2 is 2.00 bits per heavy atom. The van der Waals surface area contributed by atoms with E-state index in [0.717, 1.165) is 12.2 Å². The van der Waals surface area contributed by atoms with Gasteiger partial charge in [0.15, 0.2) is 0 Å². The minimum atomic E-state index is -0.317. The molecule has 1 aliphatic carbocycles. The van der Waals surface area contributed by atoms with Crippen LogP contribution in [0.2, 0.25) is 0 Å². The second-order valence-corrected chi connectivity index (χ2v) is 9.09. The molecule has 158 valence electrons. The molecule has 3 aliphatic rings. The third-order valence-electron chi connectivity index (χ3n) is 7.22. The first kappa shape index (κ1) is 20.4. The quantitative estimate of drug-likeness (QED) is 0.824. The Hall–Kier alpha value is -1.92. The molecular weight excluding hydrogens is 366 g/mol. The summed E-state index contributed by atoms with van der Waals surface area (Å²) in [4.78, 5) is 30.4. The summed E-state index contributed by atoms with van der Waals surface area (Å²) in [5, 5.41) is 10.3. The molecule has 6 nitrogen and oxygen atoms in total. The third kappa shape index (κ3) is 3.36. The van der Waals surface area contributed by atoms with Crippen LogP contribution in [0.5, 0.6) is 0 Å². The summed E-state index contributed by atoms with van der Waals surface area (Å²) in [5.41, 5.74) is 1.61. The zero-order chi connectivity index (χ0) is 20.7. The maximum absolute atomic E-state index is 13.2. The van der Waals surface area contributed by atoms with Crippen molar-refractivity contribution in [1.82, 2.24) is 14.4 Å². The number of pyridine rings is 1. The Bertz CT molecular complexity index is 853. The highest BCUT2D eigenvalue weighted by Gasteiger charge is 2.56. The van der Waals surface area contributed by atoms with Gasteiger partial charge in [0, 0.05) is 57.0 Å². The molecular formula is C23H33N3O3. The highest BCUT2D eigenvalue weighted by atomic mass is 16.3. The zero-order valence-electron chi connectivity index (χ0n) is 17.8. The van der Waals surface area contributed by atoms with Gasteiger partial charge in [-0.1, -0.05) is 25.0 Å². The zero-order valence-corrected chi connectivity index (χ0v) is 17.8. The average molecular weight is 400 g/mol. The predicted octanol–water partition coefficient (Wildman–Crippen LogP) is 2.12. The van der Waals surface area contributed by atoms with Crippen molar-refractivity contribution in [2.75, 3.05) is 27.2 Å². The van der Waals surface area contributed by atoms with Crippen molar-refractivity contribution in [3.05, 3.63) is 39.8 Å². The lowest BCUT2D eigenvalue weighted by Crippen LogP contribution is -2.48. The summed E-state index contributed by atoms with van der Waals surface area (Å²) >= 11 is 0. The lowest BCUT2D eigenvalue weighted by Gasteiger charge is -2.39. The van der Waals surface area contributed by atoms with E-state index < -0.39 is 0 Å². The first-order valence-corrected chi connectivity index (χ1v) is 10.9. The number of allylic oxidation sites excluding steroid dienone is 1. The standard InChI is InChI=1S/C23H33N3O3/c1-4-7-16-10-11-18-21-20(23(29)24(2)3)17(14-27)19(13-26(18)22(16)28)25(21)12-15-8-5-6-9-15/h4,7,10-11,15,17,19-21,27H,5-6,8-9,12-14H2,1-3H3/b7-4-/t17-,19-,20+,21+/m1/s1. The number of carbonyl (C=O) groups excluding carboxylic acids is 1. The molecule has 1 saturated carbocycles. The molecule has 2 aliphatic heterocycles. The highest BCUT2D eigenvalue weighted by Crippen LogP contribution is 2.49. The van der Waals surface area contributed by atoms with Crippen LogP contribution >= 0.6 is 0 Å². The Balaban J connectivity index is 1.81. The molecule has 0 aromatic carbocycles. The van der Waals surface area contributed by atoms with Crippen molar-refractivity contribution in [1.29, 1.82) is 0 Å². The number of aliphatic hydroxyl groups excluding tert-OH is 1. The van der Waals surface area contributed by atoms with Gasteiger partial charge in [0.05, 0.1) is 12.0 Å². The van der Waals surface area contributed by atoms with Crippen LogP contribution in [0, 0.1) is 17.8 Å². The average Bonchev–Trinajstić information content (AvgIpc) is 3.28. The number of carbonyl (C=O) groups is 1. The van der Waals surface area contributed by atoms with Gasteiger partial charge in [-0.05, 0) is 37.8 Å². The van der Waals surface area contributed by atoms with E-state index in [2.05, 4.69) is 4.90 Å². The molecule has 2 fully saturated rings. The Morgan fingerprint density at radius 3 is 2.62 bits per heavy atom. The van der Waals surface area contributed by atoms with E-state index in [1.165, 1.54) is 25.7 Å². The van der Waals surface area contributed by atoms with E-state index in [9.17, 15) is 14.7 Å². The monoisotopic (exact) mass is 399 g/mol. The number of aromatic nitrogens is 1. The lowest BCUT2D eigenvalue weighted by atomic mass is 9.86. The molecule has 1 aromatic heterocycles. The van der Waals surface area contributed by atoms with Gasteiger partial charge in [0.1, 0.15) is 0 Å². The molecule has 3 heterocycles.